The standard InChI is InChI=1S/C11H19N3O3/c1-11(2,7-15)14(3)6-9-8(4-5-17-9)10(16)13-12/h4-5,15H,6-7,12H2,1-3H3,(H,13,16). The largest absolute Gasteiger partial charge is 0.467 e. The Hall–Kier alpha value is -1.37. The Balaban J connectivity index is 2.82. The predicted molar refractivity (Wildman–Crippen MR) is 63.0 cm³/mol. The van der Waals surface area contributed by atoms with Crippen LogP contribution < -0.4 is 11.3 Å². The summed E-state index contributed by atoms with van der Waals surface area (Å²) in [6.07, 6.45) is 1.44. The van der Waals surface area contributed by atoms with Gasteiger partial charge in [0.05, 0.1) is 25.0 Å². The number of likely N-dealkylation sites (N-methyl/N-ethyl adjacent to an activating group) is 1. The molecule has 0 aliphatic heterocycles. The first-order valence-electron chi connectivity index (χ1n) is 5.32. The number of nitrogen functional groups attached to an aromatic ring is 1. The summed E-state index contributed by atoms with van der Waals surface area (Å²) in [5.41, 5.74) is 2.09. The Morgan fingerprint density at radius 2 is 2.29 bits per heavy atom. The van der Waals surface area contributed by atoms with Crippen molar-refractivity contribution < 1.29 is 14.3 Å². The van der Waals surface area contributed by atoms with Gasteiger partial charge in [0.25, 0.3) is 5.91 Å². The molecular formula is C11H19N3O3. The van der Waals surface area contributed by atoms with Gasteiger partial charge >= 0.3 is 0 Å². The summed E-state index contributed by atoms with van der Waals surface area (Å²) in [7, 11) is 1.85. The lowest BCUT2D eigenvalue weighted by Crippen LogP contribution is -2.44. The van der Waals surface area contributed by atoms with Crippen LogP contribution >= 0.6 is 0 Å². The normalized spacial score (nSPS) is 11.9. The maximum atomic E-state index is 11.4. The van der Waals surface area contributed by atoms with E-state index in [-0.39, 0.29) is 18.1 Å². The number of aliphatic hydroxyl groups excluding tert-OH is 1. The maximum Gasteiger partial charge on any atom is 0.268 e. The Labute approximate surface area is 100 Å². The maximum absolute atomic E-state index is 11.4. The topological polar surface area (TPSA) is 91.7 Å². The minimum atomic E-state index is -0.386. The van der Waals surface area contributed by atoms with Crippen molar-refractivity contribution in [3.8, 4) is 0 Å². The zero-order valence-corrected chi connectivity index (χ0v) is 10.4. The number of aliphatic hydroxyl groups is 1. The number of amides is 1. The van der Waals surface area contributed by atoms with Gasteiger partial charge in [-0.2, -0.15) is 0 Å². The molecule has 0 unspecified atom stereocenters. The SMILES string of the molecule is CN(Cc1occc1C(=O)NN)C(C)(C)CO. The molecule has 0 aromatic carbocycles. The van der Waals surface area contributed by atoms with Crippen LogP contribution in [0.25, 0.3) is 0 Å². The molecule has 1 aromatic heterocycles. The number of hydrogen-bond donors (Lipinski definition) is 3. The van der Waals surface area contributed by atoms with Crippen LogP contribution in [0.15, 0.2) is 16.7 Å². The van der Waals surface area contributed by atoms with E-state index in [1.807, 2.05) is 25.8 Å². The summed E-state index contributed by atoms with van der Waals surface area (Å²) < 4.78 is 5.26. The highest BCUT2D eigenvalue weighted by atomic mass is 16.3. The minimum absolute atomic E-state index is 0.0165. The van der Waals surface area contributed by atoms with Gasteiger partial charge in [0, 0.05) is 5.54 Å². The molecule has 4 N–H and O–H groups in total. The molecule has 0 fully saturated rings. The lowest BCUT2D eigenvalue weighted by Gasteiger charge is -2.33. The van der Waals surface area contributed by atoms with Crippen LogP contribution in [0.5, 0.6) is 0 Å². The van der Waals surface area contributed by atoms with E-state index in [1.165, 1.54) is 6.26 Å². The number of nitrogens with one attached hydrogen (secondary N) is 1. The molecule has 96 valence electrons. The molecule has 1 rings (SSSR count). The van der Waals surface area contributed by atoms with Crippen molar-refractivity contribution in [1.82, 2.24) is 10.3 Å². The first-order valence-corrected chi connectivity index (χ1v) is 5.32. The van der Waals surface area contributed by atoms with Crippen LogP contribution in [-0.4, -0.2) is 35.1 Å². The molecule has 0 aliphatic rings. The van der Waals surface area contributed by atoms with Crippen molar-refractivity contribution in [3.05, 3.63) is 23.7 Å². The number of hydrogen-bond acceptors (Lipinski definition) is 5. The Bertz CT molecular complexity index is 387. The first kappa shape index (κ1) is 13.7. The molecule has 6 heteroatoms. The van der Waals surface area contributed by atoms with Crippen molar-refractivity contribution in [2.24, 2.45) is 5.84 Å². The van der Waals surface area contributed by atoms with Crippen LogP contribution in [0.2, 0.25) is 0 Å². The van der Waals surface area contributed by atoms with E-state index in [0.29, 0.717) is 17.9 Å². The molecule has 0 spiro atoms. The third kappa shape index (κ3) is 3.06. The van der Waals surface area contributed by atoms with E-state index in [9.17, 15) is 9.90 Å². The van der Waals surface area contributed by atoms with Gasteiger partial charge in [-0.1, -0.05) is 0 Å². The summed E-state index contributed by atoms with van der Waals surface area (Å²) in [6, 6.07) is 1.57. The summed E-state index contributed by atoms with van der Waals surface area (Å²) in [4.78, 5) is 13.3. The number of carbonyl (C=O) groups excluding carboxylic acids is 1. The van der Waals surface area contributed by atoms with E-state index in [2.05, 4.69) is 5.43 Å². The quantitative estimate of drug-likeness (QED) is 0.386. The molecule has 1 aromatic rings. The van der Waals surface area contributed by atoms with Crippen LogP contribution in [0.4, 0.5) is 0 Å². The number of rotatable bonds is 5. The van der Waals surface area contributed by atoms with Crippen LogP contribution in [0.1, 0.15) is 30.0 Å². The number of nitrogens with two attached hydrogens (primary N) is 1. The van der Waals surface area contributed by atoms with Gasteiger partial charge < -0.3 is 9.52 Å². The second kappa shape index (κ2) is 5.31. The van der Waals surface area contributed by atoms with E-state index in [1.54, 1.807) is 6.07 Å². The van der Waals surface area contributed by atoms with Crippen molar-refractivity contribution in [2.75, 3.05) is 13.7 Å². The highest BCUT2D eigenvalue weighted by Crippen LogP contribution is 2.18. The molecule has 0 aliphatic carbocycles. The van der Waals surface area contributed by atoms with Gasteiger partial charge in [0.1, 0.15) is 5.76 Å². The highest BCUT2D eigenvalue weighted by molar-refractivity contribution is 5.94. The lowest BCUT2D eigenvalue weighted by molar-refractivity contribution is 0.0675. The third-order valence-electron chi connectivity index (χ3n) is 2.92. The van der Waals surface area contributed by atoms with Gasteiger partial charge in [-0.15, -0.1) is 0 Å². The average Bonchev–Trinajstić information content (AvgIpc) is 2.76. The molecule has 1 heterocycles. The van der Waals surface area contributed by atoms with E-state index < -0.39 is 0 Å². The summed E-state index contributed by atoms with van der Waals surface area (Å²) in [6.45, 7) is 4.24. The van der Waals surface area contributed by atoms with Crippen LogP contribution in [0.3, 0.4) is 0 Å². The van der Waals surface area contributed by atoms with Gasteiger partial charge in [0.15, 0.2) is 0 Å². The Morgan fingerprint density at radius 1 is 1.65 bits per heavy atom. The Kier molecular flexibility index (Phi) is 4.28. The molecule has 6 nitrogen and oxygen atoms in total. The molecule has 1 amide bonds. The fraction of sp³-hybridized carbons (Fsp3) is 0.545. The molecule has 0 bridgehead atoms. The summed E-state index contributed by atoms with van der Waals surface area (Å²) in [5.74, 6) is 5.22. The zero-order valence-electron chi connectivity index (χ0n) is 10.4. The Morgan fingerprint density at radius 3 is 2.82 bits per heavy atom. The van der Waals surface area contributed by atoms with Crippen molar-refractivity contribution in [3.63, 3.8) is 0 Å². The predicted octanol–water partition coefficient (Wildman–Crippen LogP) is 0.0858. The van der Waals surface area contributed by atoms with Gasteiger partial charge in [-0.05, 0) is 27.0 Å². The van der Waals surface area contributed by atoms with Gasteiger partial charge in [0.2, 0.25) is 0 Å². The van der Waals surface area contributed by atoms with E-state index in [4.69, 9.17) is 10.3 Å². The van der Waals surface area contributed by atoms with E-state index >= 15 is 0 Å². The van der Waals surface area contributed by atoms with Crippen LogP contribution in [-0.2, 0) is 6.54 Å². The molecular weight excluding hydrogens is 222 g/mol. The minimum Gasteiger partial charge on any atom is -0.467 e. The number of furan rings is 1. The zero-order chi connectivity index (χ0) is 13.1. The molecule has 0 saturated carbocycles. The number of hydrazine groups is 1. The summed E-state index contributed by atoms with van der Waals surface area (Å²) >= 11 is 0. The number of carbonyl (C=O) groups is 1. The first-order chi connectivity index (χ1) is 7.92. The molecule has 0 radical (unpaired) electrons. The van der Waals surface area contributed by atoms with Gasteiger partial charge in [-0.3, -0.25) is 15.1 Å². The average molecular weight is 241 g/mol. The molecule has 0 saturated heterocycles. The van der Waals surface area contributed by atoms with Crippen molar-refractivity contribution in [1.29, 1.82) is 0 Å². The van der Waals surface area contributed by atoms with Crippen LogP contribution in [0, 0.1) is 0 Å². The van der Waals surface area contributed by atoms with Crippen molar-refractivity contribution >= 4 is 5.91 Å². The van der Waals surface area contributed by atoms with Crippen molar-refractivity contribution in [2.45, 2.75) is 25.9 Å². The molecule has 0 atom stereocenters. The number of nitrogens with zero attached hydrogens (tertiary/aromatic N) is 1. The summed E-state index contributed by atoms with van der Waals surface area (Å²) in [5, 5.41) is 9.25. The smallest absolute Gasteiger partial charge is 0.268 e. The second-order valence-electron chi connectivity index (χ2n) is 4.56. The third-order valence-corrected chi connectivity index (χ3v) is 2.92. The highest BCUT2D eigenvalue weighted by Gasteiger charge is 2.25. The monoisotopic (exact) mass is 241 g/mol. The van der Waals surface area contributed by atoms with E-state index in [0.717, 1.165) is 0 Å². The molecule has 17 heavy (non-hydrogen) atoms. The fourth-order valence-electron chi connectivity index (χ4n) is 1.29. The fourth-order valence-corrected chi connectivity index (χ4v) is 1.29. The second-order valence-corrected chi connectivity index (χ2v) is 4.56. The lowest BCUT2D eigenvalue weighted by atomic mass is 10.0. The van der Waals surface area contributed by atoms with Gasteiger partial charge in [-0.25, -0.2) is 5.84 Å².